The fourth-order valence-electron chi connectivity index (χ4n) is 6.12. The first-order chi connectivity index (χ1) is 18.5. The van der Waals surface area contributed by atoms with E-state index in [-0.39, 0.29) is 29.6 Å². The Hall–Kier alpha value is -3.49. The molecule has 15 heteroatoms. The van der Waals surface area contributed by atoms with Crippen LogP contribution in [0.5, 0.6) is 0 Å². The molecule has 1 saturated heterocycles. The summed E-state index contributed by atoms with van der Waals surface area (Å²) >= 11 is 7.70. The molecule has 2 aliphatic rings. The highest BCUT2D eigenvalue weighted by molar-refractivity contribution is 7.09. The molecule has 1 unspecified atom stereocenters. The van der Waals surface area contributed by atoms with Crippen LogP contribution in [0, 0.1) is 11.8 Å². The Labute approximate surface area is 227 Å². The molecule has 3 atom stereocenters. The minimum absolute atomic E-state index is 0.0158. The lowest BCUT2D eigenvalue weighted by molar-refractivity contribution is -0.140. The third-order valence-corrected chi connectivity index (χ3v) is 9.57. The normalized spacial score (nSPS) is 22.8. The number of nitrogens with zero attached hydrogens (tertiary/aromatic N) is 7. The van der Waals surface area contributed by atoms with Crippen LogP contribution in [0.2, 0.25) is 5.02 Å². The number of nitrogens with one attached hydrogen (secondary N) is 1. The Morgan fingerprint density at radius 1 is 1.23 bits per heavy atom. The van der Waals surface area contributed by atoms with Crippen molar-refractivity contribution in [2.45, 2.75) is 11.6 Å². The van der Waals surface area contributed by atoms with E-state index < -0.39 is 17.3 Å². The number of alkyl halides is 3. The summed E-state index contributed by atoms with van der Waals surface area (Å²) in [5, 5.41) is 14.6. The first kappa shape index (κ1) is 24.5. The highest BCUT2D eigenvalue weighted by Crippen LogP contribution is 2.64. The van der Waals surface area contributed by atoms with Crippen LogP contribution in [-0.2, 0) is 25.7 Å². The van der Waals surface area contributed by atoms with Crippen molar-refractivity contribution >= 4 is 50.8 Å². The summed E-state index contributed by atoms with van der Waals surface area (Å²) < 4.78 is 42.6. The number of hydrogen-bond donors (Lipinski definition) is 2. The van der Waals surface area contributed by atoms with E-state index in [1.54, 1.807) is 24.8 Å². The summed E-state index contributed by atoms with van der Waals surface area (Å²) in [5.41, 5.74) is 6.40. The van der Waals surface area contributed by atoms with E-state index in [2.05, 4.69) is 20.3 Å². The lowest BCUT2D eigenvalue weighted by Gasteiger charge is -2.26. The van der Waals surface area contributed by atoms with Gasteiger partial charge in [0.2, 0.25) is 5.95 Å². The van der Waals surface area contributed by atoms with Gasteiger partial charge in [-0.3, -0.25) is 19.1 Å². The summed E-state index contributed by atoms with van der Waals surface area (Å²) in [5.74, 6) is 0.469. The van der Waals surface area contributed by atoms with Gasteiger partial charge in [0.05, 0.1) is 16.2 Å². The highest BCUT2D eigenvalue weighted by Gasteiger charge is 2.70. The van der Waals surface area contributed by atoms with Crippen LogP contribution in [0.1, 0.15) is 10.7 Å². The Kier molecular flexibility index (Phi) is 5.05. The predicted molar refractivity (Wildman–Crippen MR) is 141 cm³/mol. The quantitative estimate of drug-likeness (QED) is 0.337. The smallest absolute Gasteiger partial charge is 0.341 e. The average Bonchev–Trinajstić information content (AvgIpc) is 3.52. The molecular weight excluding hydrogens is 555 g/mol. The molecule has 2 fully saturated rings. The van der Waals surface area contributed by atoms with Gasteiger partial charge in [0.25, 0.3) is 5.56 Å². The van der Waals surface area contributed by atoms with E-state index >= 15 is 0 Å². The van der Waals surface area contributed by atoms with Crippen molar-refractivity contribution in [3.05, 3.63) is 49.8 Å². The fraction of sp³-hybridized carbons (Fsp3) is 0.375. The van der Waals surface area contributed by atoms with Gasteiger partial charge in [-0.25, -0.2) is 4.98 Å². The zero-order chi connectivity index (χ0) is 27.4. The van der Waals surface area contributed by atoms with Gasteiger partial charge in [-0.05, 0) is 24.0 Å². The Balaban J connectivity index is 1.22. The van der Waals surface area contributed by atoms with Crippen LogP contribution in [0.15, 0.2) is 28.5 Å². The molecule has 202 valence electrons. The average molecular weight is 576 g/mol. The standard InChI is InChI=1S/C24H21ClF3N9OS/c1-35-5-11-14(34-35)4-3-10(17(11)25)18-16-19(33-32-18)31-22(36(2)20(16)38)37-6-12-13(7-37)23(12,9-29)21-30-15(8-39-21)24(26,27)28/h3-5,8,12-13H,6-7,9,29H2,1-2H3,(H,32,33)/t12-,13+,23?. The number of piperidine rings is 1. The number of rotatable bonds is 4. The Morgan fingerprint density at radius 2 is 1.97 bits per heavy atom. The van der Waals surface area contributed by atoms with Crippen LogP contribution < -0.4 is 16.2 Å². The van der Waals surface area contributed by atoms with E-state index in [0.717, 1.165) is 27.6 Å². The maximum absolute atomic E-state index is 13.6. The number of hydrogen-bond acceptors (Lipinski definition) is 8. The molecule has 1 saturated carbocycles. The molecule has 1 aliphatic heterocycles. The maximum Gasteiger partial charge on any atom is 0.434 e. The second-order valence-corrected chi connectivity index (χ2v) is 11.4. The number of anilines is 1. The van der Waals surface area contributed by atoms with E-state index in [0.29, 0.717) is 45.7 Å². The molecule has 1 aromatic carbocycles. The van der Waals surface area contributed by atoms with Crippen LogP contribution in [0.4, 0.5) is 19.1 Å². The third-order valence-electron chi connectivity index (χ3n) is 8.13. The molecule has 0 bridgehead atoms. The van der Waals surface area contributed by atoms with Crippen molar-refractivity contribution in [1.82, 2.24) is 34.5 Å². The maximum atomic E-state index is 13.6. The lowest BCUT2D eigenvalue weighted by Crippen LogP contribution is -2.38. The van der Waals surface area contributed by atoms with Crippen molar-refractivity contribution in [2.24, 2.45) is 31.7 Å². The molecule has 3 N–H and O–H groups in total. The number of aryl methyl sites for hydroxylation is 1. The number of H-pyrrole nitrogens is 1. The first-order valence-corrected chi connectivity index (χ1v) is 13.4. The van der Waals surface area contributed by atoms with Crippen LogP contribution in [-0.4, -0.2) is 54.1 Å². The number of nitrogens with two attached hydrogens (primary N) is 1. The van der Waals surface area contributed by atoms with E-state index in [4.69, 9.17) is 22.3 Å². The van der Waals surface area contributed by atoms with Crippen LogP contribution >= 0.6 is 22.9 Å². The molecule has 0 spiro atoms. The van der Waals surface area contributed by atoms with Gasteiger partial charge >= 0.3 is 6.18 Å². The lowest BCUT2D eigenvalue weighted by atomic mass is 10.0. The second-order valence-electron chi connectivity index (χ2n) is 10.1. The van der Waals surface area contributed by atoms with Gasteiger partial charge in [-0.1, -0.05) is 11.6 Å². The molecule has 4 aromatic heterocycles. The van der Waals surface area contributed by atoms with E-state index in [9.17, 15) is 18.0 Å². The molecule has 5 aromatic rings. The number of aromatic amines is 1. The third kappa shape index (κ3) is 3.34. The molecule has 39 heavy (non-hydrogen) atoms. The van der Waals surface area contributed by atoms with Gasteiger partial charge in [0.1, 0.15) is 10.4 Å². The highest BCUT2D eigenvalue weighted by atomic mass is 35.5. The van der Waals surface area contributed by atoms with Gasteiger partial charge in [-0.15, -0.1) is 11.3 Å². The number of thiazole rings is 1. The largest absolute Gasteiger partial charge is 0.434 e. The summed E-state index contributed by atoms with van der Waals surface area (Å²) in [7, 11) is 3.45. The summed E-state index contributed by atoms with van der Waals surface area (Å²) in [6.45, 7) is 1.20. The van der Waals surface area contributed by atoms with Crippen molar-refractivity contribution in [1.29, 1.82) is 0 Å². The number of fused-ring (bicyclic) bond motifs is 3. The molecule has 7 rings (SSSR count). The molecule has 10 nitrogen and oxygen atoms in total. The molecule has 0 amide bonds. The van der Waals surface area contributed by atoms with Crippen molar-refractivity contribution < 1.29 is 13.2 Å². The first-order valence-electron chi connectivity index (χ1n) is 12.1. The summed E-state index contributed by atoms with van der Waals surface area (Å²) in [6, 6.07) is 3.62. The fourth-order valence-corrected chi connectivity index (χ4v) is 7.59. The van der Waals surface area contributed by atoms with E-state index in [1.807, 2.05) is 17.2 Å². The minimum atomic E-state index is -4.49. The monoisotopic (exact) mass is 575 g/mol. The minimum Gasteiger partial charge on any atom is -0.341 e. The van der Waals surface area contributed by atoms with Gasteiger partial charge in [0.15, 0.2) is 11.3 Å². The van der Waals surface area contributed by atoms with Crippen molar-refractivity contribution in [3.8, 4) is 11.3 Å². The van der Waals surface area contributed by atoms with E-state index in [1.165, 1.54) is 4.57 Å². The predicted octanol–water partition coefficient (Wildman–Crippen LogP) is 3.30. The molecule has 0 radical (unpaired) electrons. The zero-order valence-corrected chi connectivity index (χ0v) is 22.2. The SMILES string of the molecule is Cn1cc2c(Cl)c(-c3[nH]nc4nc(N5C[C@@H]6[C@H](C5)C6(CN)c5nc(C(F)(F)F)cs5)n(C)c(=O)c34)ccc2n1. The molecule has 5 heterocycles. The van der Waals surface area contributed by atoms with Gasteiger partial charge in [0, 0.05) is 61.7 Å². The number of aromatic nitrogens is 7. The van der Waals surface area contributed by atoms with Crippen LogP contribution in [0.25, 0.3) is 33.2 Å². The molecule has 1 aliphatic carbocycles. The number of benzene rings is 1. The second kappa shape index (κ2) is 8.02. The van der Waals surface area contributed by atoms with Gasteiger partial charge < -0.3 is 10.6 Å². The topological polar surface area (TPSA) is 124 Å². The van der Waals surface area contributed by atoms with Crippen molar-refractivity contribution in [2.75, 3.05) is 24.5 Å². The van der Waals surface area contributed by atoms with Crippen molar-refractivity contribution in [3.63, 3.8) is 0 Å². The molecular formula is C24H21ClF3N9OS. The van der Waals surface area contributed by atoms with Gasteiger partial charge in [-0.2, -0.15) is 28.4 Å². The number of halogens is 4. The summed E-state index contributed by atoms with van der Waals surface area (Å²) in [6.07, 6.45) is -2.68. The summed E-state index contributed by atoms with van der Waals surface area (Å²) in [4.78, 5) is 24.1. The Morgan fingerprint density at radius 3 is 2.64 bits per heavy atom. The zero-order valence-electron chi connectivity index (χ0n) is 20.6. The Bertz CT molecular complexity index is 1840. The van der Waals surface area contributed by atoms with Crippen LogP contribution in [0.3, 0.4) is 0 Å².